The molecule has 5 nitrogen and oxygen atoms in total. The molecule has 1 N–H and O–H groups in total. The summed E-state index contributed by atoms with van der Waals surface area (Å²) in [5, 5.41) is 18.7. The minimum Gasteiger partial charge on any atom is -0.385 e. The van der Waals surface area contributed by atoms with Crippen molar-refractivity contribution in [2.75, 3.05) is 11.9 Å². The first kappa shape index (κ1) is 16.7. The van der Waals surface area contributed by atoms with Crippen molar-refractivity contribution in [2.24, 2.45) is 5.16 Å². The third-order valence-corrected chi connectivity index (χ3v) is 6.00. The van der Waals surface area contributed by atoms with E-state index in [1.165, 1.54) is 16.2 Å². The van der Waals surface area contributed by atoms with E-state index in [-0.39, 0.29) is 12.5 Å². The maximum absolute atomic E-state index is 12.1. The molecule has 0 atom stereocenters. The van der Waals surface area contributed by atoms with Crippen LogP contribution in [0.25, 0.3) is 0 Å². The standard InChI is InChI=1S/C17H17N3O2S2/c1-11(14-7-4-8-23-14)20-22-10-16(21)19-17-13(9-18)12-5-2-3-6-15(12)24-17/h4,7-8H,2-3,5-6,10H2,1H3,(H,19,21)/b20-11+. The van der Waals surface area contributed by atoms with E-state index in [1.54, 1.807) is 11.3 Å². The number of rotatable bonds is 5. The molecular weight excluding hydrogens is 342 g/mol. The number of carbonyl (C=O) groups excluding carboxylic acids is 1. The van der Waals surface area contributed by atoms with Crippen LogP contribution in [0.3, 0.4) is 0 Å². The first-order chi connectivity index (χ1) is 11.7. The molecule has 1 aliphatic carbocycles. The Morgan fingerprint density at radius 1 is 1.46 bits per heavy atom. The van der Waals surface area contributed by atoms with Crippen LogP contribution in [0.1, 0.15) is 40.6 Å². The second kappa shape index (κ2) is 7.60. The molecular formula is C17H17N3O2S2. The lowest BCUT2D eigenvalue weighted by Crippen LogP contribution is -2.17. The van der Waals surface area contributed by atoms with E-state index >= 15 is 0 Å². The third kappa shape index (κ3) is 3.66. The van der Waals surface area contributed by atoms with Crippen molar-refractivity contribution in [3.63, 3.8) is 0 Å². The van der Waals surface area contributed by atoms with Gasteiger partial charge in [0.25, 0.3) is 5.91 Å². The predicted molar refractivity (Wildman–Crippen MR) is 96.8 cm³/mol. The largest absolute Gasteiger partial charge is 0.385 e. The van der Waals surface area contributed by atoms with E-state index in [1.807, 2.05) is 24.4 Å². The van der Waals surface area contributed by atoms with Crippen molar-refractivity contribution in [2.45, 2.75) is 32.6 Å². The summed E-state index contributed by atoms with van der Waals surface area (Å²) in [6, 6.07) is 6.12. The van der Waals surface area contributed by atoms with Crippen LogP contribution in [0.5, 0.6) is 0 Å². The summed E-state index contributed by atoms with van der Waals surface area (Å²) in [6.07, 6.45) is 4.16. The SMILES string of the molecule is C/C(=N\OCC(=O)Nc1sc2c(c1C#N)CCCC2)c1cccs1. The van der Waals surface area contributed by atoms with Gasteiger partial charge in [-0.1, -0.05) is 11.2 Å². The number of hydrogen-bond donors (Lipinski definition) is 1. The molecule has 0 saturated heterocycles. The number of fused-ring (bicyclic) bond motifs is 1. The number of nitrogens with one attached hydrogen (secondary N) is 1. The fourth-order valence-electron chi connectivity index (χ4n) is 2.65. The van der Waals surface area contributed by atoms with Gasteiger partial charge in [0.15, 0.2) is 6.61 Å². The number of anilines is 1. The molecule has 3 rings (SSSR count). The van der Waals surface area contributed by atoms with Gasteiger partial charge in [-0.25, -0.2) is 0 Å². The van der Waals surface area contributed by atoms with Gasteiger partial charge in [-0.15, -0.1) is 22.7 Å². The zero-order valence-corrected chi connectivity index (χ0v) is 14.9. The highest BCUT2D eigenvalue weighted by atomic mass is 32.1. The fourth-order valence-corrected chi connectivity index (χ4v) is 4.58. The lowest BCUT2D eigenvalue weighted by atomic mass is 9.96. The van der Waals surface area contributed by atoms with E-state index in [4.69, 9.17) is 4.84 Å². The smallest absolute Gasteiger partial charge is 0.265 e. The lowest BCUT2D eigenvalue weighted by Gasteiger charge is -2.09. The van der Waals surface area contributed by atoms with Gasteiger partial charge < -0.3 is 10.2 Å². The number of nitriles is 1. The Morgan fingerprint density at radius 2 is 2.29 bits per heavy atom. The molecule has 1 amide bonds. The van der Waals surface area contributed by atoms with Gasteiger partial charge in [-0.2, -0.15) is 5.26 Å². The van der Waals surface area contributed by atoms with Crippen LogP contribution in [0.2, 0.25) is 0 Å². The number of thiophene rings is 2. The molecule has 0 radical (unpaired) electrons. The molecule has 124 valence electrons. The predicted octanol–water partition coefficient (Wildman–Crippen LogP) is 3.94. The average molecular weight is 359 g/mol. The van der Waals surface area contributed by atoms with Crippen molar-refractivity contribution in [3.05, 3.63) is 38.4 Å². The number of oxime groups is 1. The van der Waals surface area contributed by atoms with Crippen LogP contribution < -0.4 is 5.32 Å². The summed E-state index contributed by atoms with van der Waals surface area (Å²) >= 11 is 3.08. The summed E-state index contributed by atoms with van der Waals surface area (Å²) < 4.78 is 0. The first-order valence-electron chi connectivity index (χ1n) is 7.74. The van der Waals surface area contributed by atoms with Crippen LogP contribution in [0, 0.1) is 11.3 Å². The van der Waals surface area contributed by atoms with Crippen LogP contribution >= 0.6 is 22.7 Å². The summed E-state index contributed by atoms with van der Waals surface area (Å²) in [7, 11) is 0. The van der Waals surface area contributed by atoms with Gasteiger partial charge in [0, 0.05) is 4.88 Å². The van der Waals surface area contributed by atoms with Crippen LogP contribution in [0.4, 0.5) is 5.00 Å². The molecule has 1 aliphatic rings. The Hall–Kier alpha value is -2.17. The quantitative estimate of drug-likeness (QED) is 0.649. The average Bonchev–Trinajstić information content (AvgIpc) is 3.22. The molecule has 0 aromatic carbocycles. The lowest BCUT2D eigenvalue weighted by molar-refractivity contribution is -0.120. The molecule has 0 spiro atoms. The van der Waals surface area contributed by atoms with Crippen LogP contribution in [-0.4, -0.2) is 18.2 Å². The first-order valence-corrected chi connectivity index (χ1v) is 9.43. The number of aryl methyl sites for hydroxylation is 1. The molecule has 7 heteroatoms. The molecule has 2 aromatic heterocycles. The van der Waals surface area contributed by atoms with Crippen LogP contribution in [-0.2, 0) is 22.5 Å². The minimum absolute atomic E-state index is 0.170. The highest BCUT2D eigenvalue weighted by Gasteiger charge is 2.21. The van der Waals surface area contributed by atoms with E-state index in [0.717, 1.165) is 41.8 Å². The Labute approximate surface area is 148 Å². The number of amides is 1. The Bertz CT molecular complexity index is 801. The van der Waals surface area contributed by atoms with E-state index < -0.39 is 0 Å². The number of carbonyl (C=O) groups is 1. The Kier molecular flexibility index (Phi) is 5.28. The van der Waals surface area contributed by atoms with Gasteiger partial charge in [0.1, 0.15) is 11.1 Å². The minimum atomic E-state index is -0.298. The van der Waals surface area contributed by atoms with Crippen molar-refractivity contribution in [3.8, 4) is 6.07 Å². The normalized spacial score (nSPS) is 13.9. The molecule has 0 saturated carbocycles. The number of hydrogen-bond acceptors (Lipinski definition) is 6. The maximum atomic E-state index is 12.1. The topological polar surface area (TPSA) is 74.5 Å². The van der Waals surface area contributed by atoms with Gasteiger partial charge in [0.05, 0.1) is 16.2 Å². The Balaban J connectivity index is 1.60. The highest BCUT2D eigenvalue weighted by Crippen LogP contribution is 2.37. The zero-order chi connectivity index (χ0) is 16.9. The molecule has 0 fully saturated rings. The molecule has 2 aromatic rings. The number of nitrogens with zero attached hydrogens (tertiary/aromatic N) is 2. The van der Waals surface area contributed by atoms with Gasteiger partial charge in [-0.05, 0) is 49.6 Å². The maximum Gasteiger partial charge on any atom is 0.265 e. The fraction of sp³-hybridized carbons (Fsp3) is 0.353. The molecule has 0 unspecified atom stereocenters. The van der Waals surface area contributed by atoms with Crippen molar-refractivity contribution < 1.29 is 9.63 Å². The summed E-state index contributed by atoms with van der Waals surface area (Å²) in [5.41, 5.74) is 2.46. The third-order valence-electron chi connectivity index (χ3n) is 3.81. The summed E-state index contributed by atoms with van der Waals surface area (Å²) in [6.45, 7) is 1.67. The molecule has 0 bridgehead atoms. The zero-order valence-electron chi connectivity index (χ0n) is 13.3. The Morgan fingerprint density at radius 3 is 3.04 bits per heavy atom. The van der Waals surface area contributed by atoms with Gasteiger partial charge in [0.2, 0.25) is 0 Å². The molecule has 24 heavy (non-hydrogen) atoms. The van der Waals surface area contributed by atoms with Gasteiger partial charge in [-0.3, -0.25) is 4.79 Å². The van der Waals surface area contributed by atoms with E-state index in [9.17, 15) is 10.1 Å². The van der Waals surface area contributed by atoms with E-state index in [0.29, 0.717) is 10.6 Å². The van der Waals surface area contributed by atoms with Crippen LogP contribution in [0.15, 0.2) is 22.7 Å². The second-order valence-electron chi connectivity index (χ2n) is 5.50. The van der Waals surface area contributed by atoms with Crippen molar-refractivity contribution in [1.29, 1.82) is 5.26 Å². The van der Waals surface area contributed by atoms with Crippen molar-refractivity contribution in [1.82, 2.24) is 0 Å². The van der Waals surface area contributed by atoms with Gasteiger partial charge >= 0.3 is 0 Å². The molecule has 2 heterocycles. The highest BCUT2D eigenvalue weighted by molar-refractivity contribution is 7.16. The second-order valence-corrected chi connectivity index (χ2v) is 7.56. The summed E-state index contributed by atoms with van der Waals surface area (Å²) in [5.74, 6) is -0.298. The monoisotopic (exact) mass is 359 g/mol. The van der Waals surface area contributed by atoms with E-state index in [2.05, 4.69) is 16.5 Å². The van der Waals surface area contributed by atoms with Crippen molar-refractivity contribution >= 4 is 39.3 Å². The molecule has 0 aliphatic heterocycles. The summed E-state index contributed by atoms with van der Waals surface area (Å²) in [4.78, 5) is 19.4.